The zero-order chi connectivity index (χ0) is 11.5. The van der Waals surface area contributed by atoms with E-state index in [1.54, 1.807) is 6.07 Å². The van der Waals surface area contributed by atoms with Crippen LogP contribution in [-0.2, 0) is 17.6 Å². The minimum atomic E-state index is -0.315. The first-order valence-electron chi connectivity index (χ1n) is 5.14. The molecule has 1 aliphatic carbocycles. The molecule has 1 aromatic carbocycles. The Labute approximate surface area is 93.5 Å². The van der Waals surface area contributed by atoms with Crippen molar-refractivity contribution in [2.75, 3.05) is 7.11 Å². The van der Waals surface area contributed by atoms with E-state index in [4.69, 9.17) is 5.21 Å². The number of oxime groups is 1. The Morgan fingerprint density at radius 3 is 2.88 bits per heavy atom. The SMILES string of the molecule is COC(=O)c1ccc2c(c1)CC/C(=N\O)C2. The van der Waals surface area contributed by atoms with Crippen LogP contribution in [0.25, 0.3) is 0 Å². The number of hydrogen-bond acceptors (Lipinski definition) is 4. The van der Waals surface area contributed by atoms with Crippen molar-refractivity contribution >= 4 is 11.7 Å². The van der Waals surface area contributed by atoms with Gasteiger partial charge in [-0.3, -0.25) is 0 Å². The van der Waals surface area contributed by atoms with E-state index in [-0.39, 0.29) is 5.97 Å². The first kappa shape index (κ1) is 10.7. The highest BCUT2D eigenvalue weighted by Gasteiger charge is 2.16. The maximum absolute atomic E-state index is 11.3. The molecule has 0 aromatic heterocycles. The number of hydrogen-bond donors (Lipinski definition) is 1. The first-order chi connectivity index (χ1) is 7.74. The van der Waals surface area contributed by atoms with Gasteiger partial charge in [-0.15, -0.1) is 0 Å². The quantitative estimate of drug-likeness (QED) is 0.445. The highest BCUT2D eigenvalue weighted by molar-refractivity contribution is 5.91. The van der Waals surface area contributed by atoms with Crippen LogP contribution >= 0.6 is 0 Å². The molecule has 0 aliphatic heterocycles. The zero-order valence-corrected chi connectivity index (χ0v) is 9.06. The van der Waals surface area contributed by atoms with Crippen molar-refractivity contribution < 1.29 is 14.7 Å². The molecular weight excluding hydrogens is 206 g/mol. The number of methoxy groups -OCH3 is 1. The van der Waals surface area contributed by atoms with Crippen molar-refractivity contribution in [1.82, 2.24) is 0 Å². The fourth-order valence-corrected chi connectivity index (χ4v) is 1.95. The average molecular weight is 219 g/mol. The summed E-state index contributed by atoms with van der Waals surface area (Å²) in [7, 11) is 1.37. The summed E-state index contributed by atoms with van der Waals surface area (Å²) in [5.74, 6) is -0.315. The van der Waals surface area contributed by atoms with Crippen LogP contribution in [0.1, 0.15) is 27.9 Å². The topological polar surface area (TPSA) is 58.9 Å². The standard InChI is InChI=1S/C12H13NO3/c1-16-12(14)10-3-2-9-7-11(13-15)5-4-8(9)6-10/h2-3,6,15H,4-5,7H2,1H3/b13-11+. The molecule has 4 heteroatoms. The van der Waals surface area contributed by atoms with Gasteiger partial charge in [0.15, 0.2) is 0 Å². The molecular formula is C12H13NO3. The third-order valence-electron chi connectivity index (χ3n) is 2.85. The van der Waals surface area contributed by atoms with Crippen LogP contribution in [0.2, 0.25) is 0 Å². The average Bonchev–Trinajstić information content (AvgIpc) is 2.36. The van der Waals surface area contributed by atoms with Gasteiger partial charge in [0.05, 0.1) is 18.4 Å². The molecule has 0 saturated carbocycles. The molecule has 0 amide bonds. The highest BCUT2D eigenvalue weighted by Crippen LogP contribution is 2.21. The number of carbonyl (C=O) groups is 1. The largest absolute Gasteiger partial charge is 0.465 e. The number of carbonyl (C=O) groups excluding carboxylic acids is 1. The van der Waals surface area contributed by atoms with Gasteiger partial charge in [-0.05, 0) is 36.1 Å². The lowest BCUT2D eigenvalue weighted by Gasteiger charge is -2.17. The molecule has 2 rings (SSSR count). The number of rotatable bonds is 1. The molecule has 16 heavy (non-hydrogen) atoms. The summed E-state index contributed by atoms with van der Waals surface area (Å²) in [4.78, 5) is 11.3. The predicted octanol–water partition coefficient (Wildman–Crippen LogP) is 1.79. The number of esters is 1. The second-order valence-electron chi connectivity index (χ2n) is 3.82. The molecule has 1 aromatic rings. The summed E-state index contributed by atoms with van der Waals surface area (Å²) in [5.41, 5.74) is 3.62. The molecule has 0 atom stereocenters. The Kier molecular flexibility index (Phi) is 2.90. The van der Waals surface area contributed by atoms with Crippen LogP contribution in [-0.4, -0.2) is 24.0 Å². The molecule has 84 valence electrons. The van der Waals surface area contributed by atoms with Crippen molar-refractivity contribution in [1.29, 1.82) is 0 Å². The molecule has 0 fully saturated rings. The molecule has 4 nitrogen and oxygen atoms in total. The molecule has 1 aliphatic rings. The van der Waals surface area contributed by atoms with Crippen molar-refractivity contribution in [2.45, 2.75) is 19.3 Å². The van der Waals surface area contributed by atoms with Gasteiger partial charge in [0, 0.05) is 6.42 Å². The van der Waals surface area contributed by atoms with E-state index in [1.807, 2.05) is 12.1 Å². The van der Waals surface area contributed by atoms with E-state index < -0.39 is 0 Å². The second kappa shape index (κ2) is 4.35. The summed E-state index contributed by atoms with van der Waals surface area (Å²) in [5, 5.41) is 12.0. The van der Waals surface area contributed by atoms with Crippen LogP contribution < -0.4 is 0 Å². The molecule has 1 N–H and O–H groups in total. The number of fused-ring (bicyclic) bond motifs is 1. The first-order valence-corrected chi connectivity index (χ1v) is 5.14. The zero-order valence-electron chi connectivity index (χ0n) is 9.06. The summed E-state index contributed by atoms with van der Waals surface area (Å²) in [6.45, 7) is 0. The van der Waals surface area contributed by atoms with Crippen LogP contribution in [0.5, 0.6) is 0 Å². The molecule has 0 saturated heterocycles. The molecule has 0 heterocycles. The Bertz CT molecular complexity index is 452. The normalized spacial score (nSPS) is 16.9. The fourth-order valence-electron chi connectivity index (χ4n) is 1.95. The lowest BCUT2D eigenvalue weighted by molar-refractivity contribution is 0.0600. The summed E-state index contributed by atoms with van der Waals surface area (Å²) in [6.07, 6.45) is 2.21. The Balaban J connectivity index is 2.31. The van der Waals surface area contributed by atoms with Gasteiger partial charge in [-0.25, -0.2) is 4.79 Å². The van der Waals surface area contributed by atoms with Crippen LogP contribution in [0.3, 0.4) is 0 Å². The van der Waals surface area contributed by atoms with Gasteiger partial charge in [-0.2, -0.15) is 0 Å². The van der Waals surface area contributed by atoms with E-state index in [1.165, 1.54) is 7.11 Å². The third kappa shape index (κ3) is 1.91. The summed E-state index contributed by atoms with van der Waals surface area (Å²) < 4.78 is 4.67. The van der Waals surface area contributed by atoms with Crippen molar-refractivity contribution in [3.8, 4) is 0 Å². The van der Waals surface area contributed by atoms with Gasteiger partial charge in [0.1, 0.15) is 0 Å². The Morgan fingerprint density at radius 2 is 2.19 bits per heavy atom. The van der Waals surface area contributed by atoms with E-state index in [9.17, 15) is 4.79 Å². The maximum Gasteiger partial charge on any atom is 0.337 e. The lowest BCUT2D eigenvalue weighted by atomic mass is 9.89. The van der Waals surface area contributed by atoms with Crippen LogP contribution in [0.15, 0.2) is 23.4 Å². The van der Waals surface area contributed by atoms with Crippen molar-refractivity contribution in [2.24, 2.45) is 5.16 Å². The van der Waals surface area contributed by atoms with E-state index in [2.05, 4.69) is 9.89 Å². The summed E-state index contributed by atoms with van der Waals surface area (Å²) in [6, 6.07) is 5.49. The van der Waals surface area contributed by atoms with Gasteiger partial charge in [0.25, 0.3) is 0 Å². The maximum atomic E-state index is 11.3. The van der Waals surface area contributed by atoms with E-state index in [0.717, 1.165) is 29.7 Å². The van der Waals surface area contributed by atoms with Gasteiger partial charge in [-0.1, -0.05) is 11.2 Å². The predicted molar refractivity (Wildman–Crippen MR) is 59.0 cm³/mol. The molecule has 0 unspecified atom stereocenters. The number of benzene rings is 1. The molecule has 0 bridgehead atoms. The van der Waals surface area contributed by atoms with Crippen molar-refractivity contribution in [3.63, 3.8) is 0 Å². The molecule has 0 spiro atoms. The smallest absolute Gasteiger partial charge is 0.337 e. The van der Waals surface area contributed by atoms with Crippen LogP contribution in [0.4, 0.5) is 0 Å². The van der Waals surface area contributed by atoms with Gasteiger partial charge < -0.3 is 9.94 Å². The summed E-state index contributed by atoms with van der Waals surface area (Å²) >= 11 is 0. The Hall–Kier alpha value is -1.84. The fraction of sp³-hybridized carbons (Fsp3) is 0.333. The monoisotopic (exact) mass is 219 g/mol. The molecule has 0 radical (unpaired) electrons. The number of aryl methyl sites for hydroxylation is 1. The van der Waals surface area contributed by atoms with E-state index in [0.29, 0.717) is 12.0 Å². The minimum absolute atomic E-state index is 0.315. The lowest BCUT2D eigenvalue weighted by Crippen LogP contribution is -2.14. The van der Waals surface area contributed by atoms with E-state index >= 15 is 0 Å². The third-order valence-corrected chi connectivity index (χ3v) is 2.85. The number of nitrogens with zero attached hydrogens (tertiary/aromatic N) is 1. The second-order valence-corrected chi connectivity index (χ2v) is 3.82. The van der Waals surface area contributed by atoms with Gasteiger partial charge in [0.2, 0.25) is 0 Å². The van der Waals surface area contributed by atoms with Crippen molar-refractivity contribution in [3.05, 3.63) is 34.9 Å². The van der Waals surface area contributed by atoms with Crippen LogP contribution in [0, 0.1) is 0 Å². The van der Waals surface area contributed by atoms with Gasteiger partial charge >= 0.3 is 5.97 Å². The number of ether oxygens (including phenoxy) is 1. The minimum Gasteiger partial charge on any atom is -0.465 e. The highest BCUT2D eigenvalue weighted by atomic mass is 16.5. The Morgan fingerprint density at radius 1 is 1.38 bits per heavy atom.